The number of rotatable bonds is 2. The lowest BCUT2D eigenvalue weighted by Gasteiger charge is -2.15. The monoisotopic (exact) mass is 224 g/mol. The molecule has 0 saturated heterocycles. The van der Waals surface area contributed by atoms with Crippen molar-refractivity contribution in [3.05, 3.63) is 15.6 Å². The summed E-state index contributed by atoms with van der Waals surface area (Å²) in [7, 11) is 0. The van der Waals surface area contributed by atoms with Crippen LogP contribution in [0.3, 0.4) is 0 Å². The molecule has 1 aliphatic carbocycles. The van der Waals surface area contributed by atoms with Crippen LogP contribution in [0.5, 0.6) is 0 Å². The number of thiazole rings is 1. The molecule has 2 N–H and O–H groups in total. The van der Waals surface area contributed by atoms with Gasteiger partial charge >= 0.3 is 0 Å². The number of nitrogens with zero attached hydrogens (tertiary/aromatic N) is 1. The van der Waals surface area contributed by atoms with Crippen molar-refractivity contribution in [2.24, 2.45) is 17.6 Å². The number of aromatic nitrogens is 1. The zero-order valence-electron chi connectivity index (χ0n) is 9.79. The lowest BCUT2D eigenvalue weighted by molar-refractivity contribution is 0.494. The van der Waals surface area contributed by atoms with E-state index in [1.807, 2.05) is 11.3 Å². The molecule has 2 atom stereocenters. The molecule has 84 valence electrons. The highest BCUT2D eigenvalue weighted by Crippen LogP contribution is 2.33. The summed E-state index contributed by atoms with van der Waals surface area (Å²) in [5.41, 5.74) is 7.46. The highest BCUT2D eigenvalue weighted by atomic mass is 32.1. The van der Waals surface area contributed by atoms with E-state index >= 15 is 0 Å². The largest absolute Gasteiger partial charge is 0.322 e. The Kier molecular flexibility index (Phi) is 3.12. The fourth-order valence-corrected chi connectivity index (χ4v) is 3.44. The van der Waals surface area contributed by atoms with E-state index in [9.17, 15) is 0 Å². The van der Waals surface area contributed by atoms with Crippen molar-refractivity contribution in [1.29, 1.82) is 0 Å². The molecule has 2 rings (SSSR count). The lowest BCUT2D eigenvalue weighted by Crippen LogP contribution is -2.16. The lowest BCUT2D eigenvalue weighted by atomic mass is 9.93. The first-order valence-corrected chi connectivity index (χ1v) is 6.63. The van der Waals surface area contributed by atoms with Crippen molar-refractivity contribution in [1.82, 2.24) is 4.98 Å². The number of hydrogen-bond donors (Lipinski definition) is 1. The summed E-state index contributed by atoms with van der Waals surface area (Å²) in [5.74, 6) is 1.30. The van der Waals surface area contributed by atoms with E-state index in [-0.39, 0.29) is 6.04 Å². The molecule has 3 heteroatoms. The van der Waals surface area contributed by atoms with Gasteiger partial charge in [-0.15, -0.1) is 11.3 Å². The second kappa shape index (κ2) is 4.22. The predicted molar refractivity (Wildman–Crippen MR) is 65.1 cm³/mol. The summed E-state index contributed by atoms with van der Waals surface area (Å²) in [6.07, 6.45) is 3.64. The minimum Gasteiger partial charge on any atom is -0.322 e. The van der Waals surface area contributed by atoms with Crippen LogP contribution in [0.25, 0.3) is 0 Å². The molecule has 0 fully saturated rings. The Morgan fingerprint density at radius 3 is 2.87 bits per heavy atom. The van der Waals surface area contributed by atoms with Crippen LogP contribution in [0.4, 0.5) is 0 Å². The van der Waals surface area contributed by atoms with E-state index in [1.165, 1.54) is 23.4 Å². The van der Waals surface area contributed by atoms with Gasteiger partial charge in [0.1, 0.15) is 5.01 Å². The molecule has 2 unspecified atom stereocenters. The maximum Gasteiger partial charge on any atom is 0.110 e. The maximum atomic E-state index is 6.13. The van der Waals surface area contributed by atoms with Crippen molar-refractivity contribution in [3.63, 3.8) is 0 Å². The molecule has 0 saturated carbocycles. The molecule has 1 aliphatic rings. The summed E-state index contributed by atoms with van der Waals surface area (Å²) in [6, 6.07) is 0.121. The van der Waals surface area contributed by atoms with Gasteiger partial charge in [-0.1, -0.05) is 20.8 Å². The summed E-state index contributed by atoms with van der Waals surface area (Å²) in [6.45, 7) is 6.64. The Bertz CT molecular complexity index is 343. The SMILES string of the molecule is CC1CCc2nc(C(N)C(C)C)sc2C1. The van der Waals surface area contributed by atoms with Crippen LogP contribution >= 0.6 is 11.3 Å². The van der Waals surface area contributed by atoms with E-state index in [0.29, 0.717) is 5.92 Å². The predicted octanol–water partition coefficient (Wildman–Crippen LogP) is 2.92. The second-order valence-corrected chi connectivity index (χ2v) is 6.15. The minimum absolute atomic E-state index is 0.121. The Labute approximate surface area is 95.9 Å². The van der Waals surface area contributed by atoms with Crippen LogP contribution in [0.2, 0.25) is 0 Å². The third-order valence-corrected chi connectivity index (χ3v) is 4.43. The molecule has 1 aromatic rings. The minimum atomic E-state index is 0.121. The van der Waals surface area contributed by atoms with Crippen molar-refractivity contribution in [3.8, 4) is 0 Å². The smallest absolute Gasteiger partial charge is 0.110 e. The van der Waals surface area contributed by atoms with E-state index in [0.717, 1.165) is 17.3 Å². The first-order chi connectivity index (χ1) is 7.08. The van der Waals surface area contributed by atoms with Crippen LogP contribution in [0.1, 0.15) is 48.8 Å². The normalized spacial score (nSPS) is 22.9. The molecule has 0 bridgehead atoms. The number of hydrogen-bond acceptors (Lipinski definition) is 3. The van der Waals surface area contributed by atoms with Crippen LogP contribution in [0.15, 0.2) is 0 Å². The Balaban J connectivity index is 2.22. The molecular weight excluding hydrogens is 204 g/mol. The number of nitrogens with two attached hydrogens (primary N) is 1. The van der Waals surface area contributed by atoms with Crippen LogP contribution in [-0.4, -0.2) is 4.98 Å². The van der Waals surface area contributed by atoms with Gasteiger partial charge in [-0.05, 0) is 31.1 Å². The average Bonchev–Trinajstić information content (AvgIpc) is 2.58. The molecule has 0 spiro atoms. The number of fused-ring (bicyclic) bond motifs is 1. The highest BCUT2D eigenvalue weighted by molar-refractivity contribution is 7.11. The quantitative estimate of drug-likeness (QED) is 0.839. The van der Waals surface area contributed by atoms with Gasteiger partial charge in [0.05, 0.1) is 11.7 Å². The van der Waals surface area contributed by atoms with E-state index in [2.05, 4.69) is 20.8 Å². The van der Waals surface area contributed by atoms with Crippen molar-refractivity contribution in [2.75, 3.05) is 0 Å². The highest BCUT2D eigenvalue weighted by Gasteiger charge is 2.22. The van der Waals surface area contributed by atoms with E-state index < -0.39 is 0 Å². The summed E-state index contributed by atoms with van der Waals surface area (Å²) < 4.78 is 0. The topological polar surface area (TPSA) is 38.9 Å². The number of aryl methyl sites for hydroxylation is 1. The van der Waals surface area contributed by atoms with Gasteiger partial charge in [0, 0.05) is 4.88 Å². The fraction of sp³-hybridized carbons (Fsp3) is 0.750. The molecule has 0 aliphatic heterocycles. The summed E-state index contributed by atoms with van der Waals surface area (Å²) >= 11 is 1.84. The van der Waals surface area contributed by atoms with Crippen LogP contribution < -0.4 is 5.73 Å². The summed E-state index contributed by atoms with van der Waals surface area (Å²) in [5, 5.41) is 1.14. The van der Waals surface area contributed by atoms with Crippen molar-refractivity contribution < 1.29 is 0 Å². The zero-order chi connectivity index (χ0) is 11.0. The first-order valence-electron chi connectivity index (χ1n) is 5.82. The van der Waals surface area contributed by atoms with Gasteiger partial charge in [0.15, 0.2) is 0 Å². The maximum absolute atomic E-state index is 6.13. The average molecular weight is 224 g/mol. The first kappa shape index (κ1) is 11.1. The third-order valence-electron chi connectivity index (χ3n) is 3.21. The molecular formula is C12H20N2S. The molecule has 0 aromatic carbocycles. The van der Waals surface area contributed by atoms with Gasteiger partial charge < -0.3 is 5.73 Å². The van der Waals surface area contributed by atoms with Crippen LogP contribution in [0, 0.1) is 11.8 Å². The molecule has 0 amide bonds. The molecule has 2 nitrogen and oxygen atoms in total. The van der Waals surface area contributed by atoms with Crippen molar-refractivity contribution in [2.45, 2.75) is 46.1 Å². The van der Waals surface area contributed by atoms with Gasteiger partial charge in [-0.25, -0.2) is 4.98 Å². The second-order valence-electron chi connectivity index (χ2n) is 5.04. The Morgan fingerprint density at radius 2 is 2.20 bits per heavy atom. The van der Waals surface area contributed by atoms with Gasteiger partial charge in [-0.2, -0.15) is 0 Å². The van der Waals surface area contributed by atoms with Crippen LogP contribution in [-0.2, 0) is 12.8 Å². The Hall–Kier alpha value is -0.410. The molecule has 1 aromatic heterocycles. The zero-order valence-corrected chi connectivity index (χ0v) is 10.6. The van der Waals surface area contributed by atoms with Crippen molar-refractivity contribution >= 4 is 11.3 Å². The Morgan fingerprint density at radius 1 is 1.47 bits per heavy atom. The fourth-order valence-electron chi connectivity index (χ4n) is 1.99. The molecule has 0 radical (unpaired) electrons. The van der Waals surface area contributed by atoms with Gasteiger partial charge in [-0.3, -0.25) is 0 Å². The van der Waals surface area contributed by atoms with Gasteiger partial charge in [0.2, 0.25) is 0 Å². The molecule has 1 heterocycles. The van der Waals surface area contributed by atoms with Gasteiger partial charge in [0.25, 0.3) is 0 Å². The molecule has 15 heavy (non-hydrogen) atoms. The summed E-state index contributed by atoms with van der Waals surface area (Å²) in [4.78, 5) is 6.19. The van der Waals surface area contributed by atoms with E-state index in [1.54, 1.807) is 0 Å². The third kappa shape index (κ3) is 2.23. The standard InChI is InChI=1S/C12H20N2S/c1-7(2)11(13)12-14-9-5-4-8(3)6-10(9)15-12/h7-8,11H,4-6,13H2,1-3H3. The van der Waals surface area contributed by atoms with E-state index in [4.69, 9.17) is 10.7 Å².